The lowest BCUT2D eigenvalue weighted by Crippen LogP contribution is -2.37. The molecule has 0 aromatic carbocycles. The van der Waals surface area contributed by atoms with Crippen LogP contribution in [0.1, 0.15) is 5.56 Å². The molecule has 3 nitrogen and oxygen atoms in total. The van der Waals surface area contributed by atoms with Gasteiger partial charge in [-0.3, -0.25) is 0 Å². The second kappa shape index (κ2) is 2.73. The van der Waals surface area contributed by atoms with E-state index in [0.717, 1.165) is 11.8 Å². The van der Waals surface area contributed by atoms with Gasteiger partial charge in [0, 0.05) is 0 Å². The third-order valence-corrected chi connectivity index (χ3v) is 2.49. The Morgan fingerprint density at radius 3 is 3.08 bits per heavy atom. The van der Waals surface area contributed by atoms with Crippen LogP contribution < -0.4 is 5.48 Å². The van der Waals surface area contributed by atoms with Crippen molar-refractivity contribution < 1.29 is 9.63 Å². The summed E-state index contributed by atoms with van der Waals surface area (Å²) in [6.45, 7) is 0. The Hall–Kier alpha value is -1.13. The summed E-state index contributed by atoms with van der Waals surface area (Å²) in [6.07, 6.45) is 4.01. The average molecular weight is 181 g/mol. The van der Waals surface area contributed by atoms with Crippen molar-refractivity contribution in [1.29, 1.82) is 0 Å². The van der Waals surface area contributed by atoms with E-state index in [1.165, 1.54) is 6.26 Å². The molecule has 0 saturated heterocycles. The molecule has 1 aromatic heterocycles. The topological polar surface area (TPSA) is 38.3 Å². The van der Waals surface area contributed by atoms with Crippen molar-refractivity contribution in [3.05, 3.63) is 34.7 Å². The summed E-state index contributed by atoms with van der Waals surface area (Å²) in [5, 5.41) is 3.84. The molecule has 1 atom stereocenters. The minimum absolute atomic E-state index is 0.764. The number of rotatable bonds is 2. The molecule has 12 heavy (non-hydrogen) atoms. The van der Waals surface area contributed by atoms with Crippen LogP contribution >= 0.6 is 11.3 Å². The zero-order valence-electron chi connectivity index (χ0n) is 6.19. The van der Waals surface area contributed by atoms with Crippen molar-refractivity contribution >= 4 is 17.6 Å². The molecule has 2 rings (SSSR count). The molecular formula is C8H7NO2S. The fourth-order valence-corrected chi connectivity index (χ4v) is 1.82. The quantitative estimate of drug-likeness (QED) is 0.696. The maximum Gasteiger partial charge on any atom is 0.156 e. The molecule has 1 unspecified atom stereocenters. The normalized spacial score (nSPS) is 27.0. The predicted octanol–water partition coefficient (Wildman–Crippen LogP) is 1.19. The van der Waals surface area contributed by atoms with Crippen LogP contribution in [0.2, 0.25) is 0 Å². The SMILES string of the molecule is O=CC1(c2ccsc2)C=CON1. The van der Waals surface area contributed by atoms with Gasteiger partial charge in [0.05, 0.1) is 0 Å². The first-order valence-electron chi connectivity index (χ1n) is 3.47. The highest BCUT2D eigenvalue weighted by atomic mass is 32.1. The molecule has 1 aliphatic heterocycles. The van der Waals surface area contributed by atoms with Crippen LogP contribution in [0.15, 0.2) is 29.2 Å². The average Bonchev–Trinajstić information content (AvgIpc) is 2.76. The van der Waals surface area contributed by atoms with Crippen LogP contribution in [0, 0.1) is 0 Å². The molecular weight excluding hydrogens is 174 g/mol. The molecule has 4 heteroatoms. The monoisotopic (exact) mass is 181 g/mol. The second-order valence-corrected chi connectivity index (χ2v) is 3.30. The predicted molar refractivity (Wildman–Crippen MR) is 45.4 cm³/mol. The summed E-state index contributed by atoms with van der Waals surface area (Å²) < 4.78 is 0. The minimum Gasteiger partial charge on any atom is -0.415 e. The molecule has 1 aromatic rings. The largest absolute Gasteiger partial charge is 0.415 e. The zero-order valence-corrected chi connectivity index (χ0v) is 7.01. The molecule has 0 bridgehead atoms. The van der Waals surface area contributed by atoms with Crippen molar-refractivity contribution in [2.45, 2.75) is 5.54 Å². The summed E-state index contributed by atoms with van der Waals surface area (Å²) >= 11 is 1.55. The third-order valence-electron chi connectivity index (χ3n) is 1.81. The molecule has 0 spiro atoms. The number of hydrogen-bond acceptors (Lipinski definition) is 4. The lowest BCUT2D eigenvalue weighted by atomic mass is 9.96. The van der Waals surface area contributed by atoms with E-state index in [1.807, 2.05) is 16.8 Å². The number of hydrogen-bond donors (Lipinski definition) is 1. The fraction of sp³-hybridized carbons (Fsp3) is 0.125. The number of nitrogens with one attached hydrogen (secondary N) is 1. The first kappa shape index (κ1) is 7.52. The van der Waals surface area contributed by atoms with Crippen LogP contribution in [0.4, 0.5) is 0 Å². The Labute approximate surface area is 73.6 Å². The maximum absolute atomic E-state index is 10.8. The summed E-state index contributed by atoms with van der Waals surface area (Å²) in [4.78, 5) is 15.7. The Bertz CT molecular complexity index is 307. The minimum atomic E-state index is -0.764. The van der Waals surface area contributed by atoms with E-state index in [1.54, 1.807) is 17.4 Å². The van der Waals surface area contributed by atoms with Gasteiger partial charge in [0.1, 0.15) is 6.26 Å². The molecule has 0 aliphatic carbocycles. The summed E-state index contributed by atoms with van der Waals surface area (Å²) in [6, 6.07) is 1.89. The van der Waals surface area contributed by atoms with Gasteiger partial charge in [0.2, 0.25) is 0 Å². The first-order valence-corrected chi connectivity index (χ1v) is 4.41. The van der Waals surface area contributed by atoms with E-state index in [4.69, 9.17) is 4.84 Å². The molecule has 2 heterocycles. The van der Waals surface area contributed by atoms with Crippen molar-refractivity contribution in [2.75, 3.05) is 0 Å². The Morgan fingerprint density at radius 2 is 2.58 bits per heavy atom. The highest BCUT2D eigenvalue weighted by Gasteiger charge is 2.33. The Balaban J connectivity index is 2.41. The van der Waals surface area contributed by atoms with Crippen molar-refractivity contribution in [1.82, 2.24) is 5.48 Å². The van der Waals surface area contributed by atoms with Gasteiger partial charge < -0.3 is 9.63 Å². The summed E-state index contributed by atoms with van der Waals surface area (Å²) in [5.41, 5.74) is 2.80. The van der Waals surface area contributed by atoms with Gasteiger partial charge in [-0.2, -0.15) is 11.3 Å². The standard InChI is InChI=1S/C8H7NO2S/c10-6-8(2-3-11-9-8)7-1-4-12-5-7/h1-6,9H. The smallest absolute Gasteiger partial charge is 0.156 e. The molecule has 1 N–H and O–H groups in total. The first-order chi connectivity index (χ1) is 5.87. The van der Waals surface area contributed by atoms with Gasteiger partial charge in [-0.1, -0.05) is 0 Å². The molecule has 1 aliphatic rings. The highest BCUT2D eigenvalue weighted by molar-refractivity contribution is 7.08. The van der Waals surface area contributed by atoms with Crippen LogP contribution in [-0.2, 0) is 15.2 Å². The van der Waals surface area contributed by atoms with Crippen LogP contribution in [0.3, 0.4) is 0 Å². The van der Waals surface area contributed by atoms with E-state index in [-0.39, 0.29) is 0 Å². The molecule has 0 fully saturated rings. The zero-order chi connectivity index (χ0) is 8.44. The number of aldehydes is 1. The van der Waals surface area contributed by atoms with Gasteiger partial charge in [-0.05, 0) is 28.5 Å². The molecule has 0 saturated carbocycles. The fourth-order valence-electron chi connectivity index (χ4n) is 1.09. The Morgan fingerprint density at radius 1 is 1.67 bits per heavy atom. The van der Waals surface area contributed by atoms with Gasteiger partial charge >= 0.3 is 0 Å². The van der Waals surface area contributed by atoms with Crippen molar-refractivity contribution in [2.24, 2.45) is 0 Å². The number of carbonyl (C=O) groups excluding carboxylic acids is 1. The van der Waals surface area contributed by atoms with Gasteiger partial charge in [0.15, 0.2) is 11.8 Å². The molecule has 0 radical (unpaired) electrons. The highest BCUT2D eigenvalue weighted by Crippen LogP contribution is 2.25. The second-order valence-electron chi connectivity index (χ2n) is 2.52. The third kappa shape index (κ3) is 0.964. The van der Waals surface area contributed by atoms with Crippen molar-refractivity contribution in [3.8, 4) is 0 Å². The number of hydroxylamine groups is 1. The summed E-state index contributed by atoms with van der Waals surface area (Å²) in [5.74, 6) is 0. The van der Waals surface area contributed by atoms with Crippen LogP contribution in [0.5, 0.6) is 0 Å². The number of carbonyl (C=O) groups is 1. The van der Waals surface area contributed by atoms with E-state index >= 15 is 0 Å². The van der Waals surface area contributed by atoms with Crippen molar-refractivity contribution in [3.63, 3.8) is 0 Å². The molecule has 62 valence electrons. The van der Waals surface area contributed by atoms with Crippen LogP contribution in [0.25, 0.3) is 0 Å². The van der Waals surface area contributed by atoms with Gasteiger partial charge in [-0.15, -0.1) is 5.48 Å². The molecule has 0 amide bonds. The van der Waals surface area contributed by atoms with Gasteiger partial charge in [0.25, 0.3) is 0 Å². The van der Waals surface area contributed by atoms with Crippen LogP contribution in [-0.4, -0.2) is 6.29 Å². The lowest BCUT2D eigenvalue weighted by molar-refractivity contribution is -0.114. The maximum atomic E-state index is 10.8. The van der Waals surface area contributed by atoms with E-state index in [0.29, 0.717) is 0 Å². The van der Waals surface area contributed by atoms with E-state index in [2.05, 4.69) is 5.48 Å². The number of thiophene rings is 1. The van der Waals surface area contributed by atoms with E-state index < -0.39 is 5.54 Å². The van der Waals surface area contributed by atoms with E-state index in [9.17, 15) is 4.79 Å². The lowest BCUT2D eigenvalue weighted by Gasteiger charge is -2.17. The van der Waals surface area contributed by atoms with Gasteiger partial charge in [-0.25, -0.2) is 0 Å². The Kier molecular flexibility index (Phi) is 1.71. The summed E-state index contributed by atoms with van der Waals surface area (Å²) in [7, 11) is 0.